The molecule has 15 heavy (non-hydrogen) atoms. The first-order valence-corrected chi connectivity index (χ1v) is 5.51. The van der Waals surface area contributed by atoms with Gasteiger partial charge >= 0.3 is 0 Å². The molecule has 3 nitrogen and oxygen atoms in total. The van der Waals surface area contributed by atoms with Crippen molar-refractivity contribution in [3.8, 4) is 0 Å². The van der Waals surface area contributed by atoms with Crippen LogP contribution in [-0.4, -0.2) is 15.9 Å². The molecule has 0 spiro atoms. The number of hydrogen-bond acceptors (Lipinski definition) is 2. The van der Waals surface area contributed by atoms with Gasteiger partial charge < -0.3 is 9.72 Å². The highest BCUT2D eigenvalue weighted by molar-refractivity contribution is 9.11. The van der Waals surface area contributed by atoms with E-state index in [9.17, 15) is 0 Å². The van der Waals surface area contributed by atoms with Crippen LogP contribution in [0, 0.1) is 0 Å². The van der Waals surface area contributed by atoms with Gasteiger partial charge in [-0.3, -0.25) is 0 Å². The van der Waals surface area contributed by atoms with Gasteiger partial charge in [-0.05, 0) is 12.1 Å². The zero-order valence-corrected chi connectivity index (χ0v) is 9.87. The highest BCUT2D eigenvalue weighted by Gasteiger charge is 1.99. The van der Waals surface area contributed by atoms with Gasteiger partial charge in [0.2, 0.25) is 0 Å². The van der Waals surface area contributed by atoms with Gasteiger partial charge in [0, 0.05) is 35.7 Å². The zero-order valence-electron chi connectivity index (χ0n) is 8.28. The van der Waals surface area contributed by atoms with Crippen LogP contribution >= 0.6 is 15.9 Å². The molecule has 0 amide bonds. The largest absolute Gasteiger partial charge is 0.307 e. The van der Waals surface area contributed by atoms with Crippen LogP contribution in [-0.2, 0) is 6.54 Å². The van der Waals surface area contributed by atoms with E-state index in [1.807, 2.05) is 24.5 Å². The molecular formula is C11H12BrN3. The molecule has 0 radical (unpaired) electrons. The lowest BCUT2D eigenvalue weighted by Gasteiger charge is -2.06. The van der Waals surface area contributed by atoms with Crippen molar-refractivity contribution in [2.45, 2.75) is 6.54 Å². The van der Waals surface area contributed by atoms with E-state index in [0.29, 0.717) is 0 Å². The maximum Gasteiger partial charge on any atom is 0.136 e. The van der Waals surface area contributed by atoms with Crippen LogP contribution in [0.15, 0.2) is 41.7 Å². The van der Waals surface area contributed by atoms with Crippen LogP contribution < -0.4 is 5.32 Å². The van der Waals surface area contributed by atoms with Gasteiger partial charge in [0.15, 0.2) is 0 Å². The van der Waals surface area contributed by atoms with Gasteiger partial charge in [-0.2, -0.15) is 0 Å². The van der Waals surface area contributed by atoms with E-state index >= 15 is 0 Å². The van der Waals surface area contributed by atoms with Crippen molar-refractivity contribution in [1.29, 1.82) is 0 Å². The summed E-state index contributed by atoms with van der Waals surface area (Å²) in [6.07, 6.45) is 3.78. The summed E-state index contributed by atoms with van der Waals surface area (Å²) in [6, 6.07) is 6.09. The Balaban J connectivity index is 2.13. The number of pyridine rings is 1. The molecule has 0 atom stereocenters. The lowest BCUT2D eigenvalue weighted by atomic mass is 10.3. The summed E-state index contributed by atoms with van der Waals surface area (Å²) in [5.74, 6) is 0. The molecule has 1 N–H and O–H groups in total. The molecule has 0 bridgehead atoms. The quantitative estimate of drug-likeness (QED) is 0.920. The second-order valence-electron chi connectivity index (χ2n) is 3.29. The normalized spacial score (nSPS) is 10.7. The maximum atomic E-state index is 4.23. The number of fused-ring (bicyclic) bond motifs is 1. The Labute approximate surface area is 97.0 Å². The van der Waals surface area contributed by atoms with E-state index in [1.54, 1.807) is 0 Å². The highest BCUT2D eigenvalue weighted by atomic mass is 79.9. The van der Waals surface area contributed by atoms with E-state index in [2.05, 4.69) is 43.3 Å². The number of rotatable bonds is 4. The first kappa shape index (κ1) is 10.4. The minimum Gasteiger partial charge on any atom is -0.307 e. The predicted octanol–water partition coefficient (Wildman–Crippen LogP) is 2.33. The molecule has 0 unspecified atom stereocenters. The van der Waals surface area contributed by atoms with Crippen LogP contribution in [0.3, 0.4) is 0 Å². The minimum absolute atomic E-state index is 0.769. The van der Waals surface area contributed by atoms with Crippen molar-refractivity contribution in [3.63, 3.8) is 0 Å². The fraction of sp³-hybridized carbons (Fsp3) is 0.182. The SMILES string of the molecule is C=C(Br)CNCc1cccc2nccn12. The molecular weight excluding hydrogens is 254 g/mol. The molecule has 2 heterocycles. The third kappa shape index (κ3) is 2.46. The number of hydrogen-bond donors (Lipinski definition) is 1. The molecule has 0 aliphatic rings. The molecule has 78 valence electrons. The first-order valence-electron chi connectivity index (χ1n) is 4.72. The highest BCUT2D eigenvalue weighted by Crippen LogP contribution is 2.06. The molecule has 0 aliphatic carbocycles. The van der Waals surface area contributed by atoms with Crippen molar-refractivity contribution in [2.75, 3.05) is 6.54 Å². The van der Waals surface area contributed by atoms with Crippen LogP contribution in [0.4, 0.5) is 0 Å². The fourth-order valence-electron chi connectivity index (χ4n) is 1.48. The maximum absolute atomic E-state index is 4.23. The fourth-order valence-corrected chi connectivity index (χ4v) is 1.68. The topological polar surface area (TPSA) is 29.3 Å². The van der Waals surface area contributed by atoms with Crippen LogP contribution in [0.5, 0.6) is 0 Å². The second kappa shape index (κ2) is 4.59. The Morgan fingerprint density at radius 3 is 3.20 bits per heavy atom. The number of nitrogens with one attached hydrogen (secondary N) is 1. The standard InChI is InChI=1S/C11H12BrN3/c1-9(12)7-13-8-10-3-2-4-11-14-5-6-15(10)11/h2-6,13H,1,7-8H2. The van der Waals surface area contributed by atoms with Crippen LogP contribution in [0.1, 0.15) is 5.69 Å². The van der Waals surface area contributed by atoms with Gasteiger partial charge in [0.1, 0.15) is 5.65 Å². The van der Waals surface area contributed by atoms with E-state index < -0.39 is 0 Å². The minimum atomic E-state index is 0.769. The Kier molecular flexibility index (Phi) is 3.18. The van der Waals surface area contributed by atoms with E-state index in [1.165, 1.54) is 5.69 Å². The molecule has 0 aliphatic heterocycles. The molecule has 0 fully saturated rings. The van der Waals surface area contributed by atoms with Crippen molar-refractivity contribution < 1.29 is 0 Å². The Hall–Kier alpha value is -1.13. The molecule has 2 aromatic rings. The average Bonchev–Trinajstić information content (AvgIpc) is 2.65. The summed E-state index contributed by atoms with van der Waals surface area (Å²) >= 11 is 3.31. The van der Waals surface area contributed by atoms with Gasteiger partial charge in [-0.25, -0.2) is 4.98 Å². The molecule has 2 rings (SSSR count). The molecule has 0 aromatic carbocycles. The first-order chi connectivity index (χ1) is 7.27. The summed E-state index contributed by atoms with van der Waals surface area (Å²) in [7, 11) is 0. The molecule has 0 saturated heterocycles. The van der Waals surface area contributed by atoms with Crippen molar-refractivity contribution in [3.05, 3.63) is 47.3 Å². The van der Waals surface area contributed by atoms with E-state index in [-0.39, 0.29) is 0 Å². The predicted molar refractivity (Wildman–Crippen MR) is 65.0 cm³/mol. The molecule has 2 aromatic heterocycles. The summed E-state index contributed by atoms with van der Waals surface area (Å²) in [6.45, 7) is 5.35. The summed E-state index contributed by atoms with van der Waals surface area (Å²) in [5, 5.41) is 3.29. The van der Waals surface area contributed by atoms with E-state index in [0.717, 1.165) is 23.2 Å². The third-order valence-electron chi connectivity index (χ3n) is 2.14. The van der Waals surface area contributed by atoms with Crippen molar-refractivity contribution in [1.82, 2.24) is 14.7 Å². The van der Waals surface area contributed by atoms with Crippen LogP contribution in [0.2, 0.25) is 0 Å². The summed E-state index contributed by atoms with van der Waals surface area (Å²) in [4.78, 5) is 4.23. The zero-order chi connectivity index (χ0) is 10.7. The molecule has 4 heteroatoms. The lowest BCUT2D eigenvalue weighted by Crippen LogP contribution is -2.16. The van der Waals surface area contributed by atoms with Gasteiger partial charge in [-0.15, -0.1) is 0 Å². The Morgan fingerprint density at radius 1 is 1.53 bits per heavy atom. The Morgan fingerprint density at radius 2 is 2.40 bits per heavy atom. The third-order valence-corrected chi connectivity index (χ3v) is 2.42. The summed E-state index contributed by atoms with van der Waals surface area (Å²) in [5.41, 5.74) is 2.17. The van der Waals surface area contributed by atoms with Crippen molar-refractivity contribution >= 4 is 21.6 Å². The lowest BCUT2D eigenvalue weighted by molar-refractivity contribution is 0.728. The second-order valence-corrected chi connectivity index (χ2v) is 4.41. The monoisotopic (exact) mass is 265 g/mol. The van der Waals surface area contributed by atoms with Gasteiger partial charge in [-0.1, -0.05) is 28.6 Å². The average molecular weight is 266 g/mol. The Bertz CT molecular complexity index is 475. The van der Waals surface area contributed by atoms with Crippen LogP contribution in [0.25, 0.3) is 5.65 Å². The van der Waals surface area contributed by atoms with Crippen molar-refractivity contribution in [2.24, 2.45) is 0 Å². The van der Waals surface area contributed by atoms with Gasteiger partial charge in [0.25, 0.3) is 0 Å². The smallest absolute Gasteiger partial charge is 0.136 e. The summed E-state index contributed by atoms with van der Waals surface area (Å²) < 4.78 is 3.03. The molecule has 0 saturated carbocycles. The van der Waals surface area contributed by atoms with E-state index in [4.69, 9.17) is 0 Å². The number of imidazole rings is 1. The number of halogens is 1. The van der Waals surface area contributed by atoms with Gasteiger partial charge in [0.05, 0.1) is 0 Å². The number of nitrogens with zero attached hydrogens (tertiary/aromatic N) is 2. The number of aromatic nitrogens is 2.